The number of nitrogens with two attached hydrogens (primary N) is 1. The van der Waals surface area contributed by atoms with Crippen molar-refractivity contribution in [2.24, 2.45) is 5.73 Å². The first-order chi connectivity index (χ1) is 6.97. The Hall–Kier alpha value is -0.640. The Morgan fingerprint density at radius 1 is 1.53 bits per heavy atom. The van der Waals surface area contributed by atoms with Crippen LogP contribution in [-0.2, 0) is 10.0 Å². The Kier molecular flexibility index (Phi) is 6.48. The molecule has 15 heavy (non-hydrogen) atoms. The molecule has 0 aliphatic carbocycles. The lowest BCUT2D eigenvalue weighted by Crippen LogP contribution is -2.43. The van der Waals surface area contributed by atoms with Gasteiger partial charge in [-0.25, -0.2) is 13.1 Å². The summed E-state index contributed by atoms with van der Waals surface area (Å²) >= 11 is 0. The van der Waals surface area contributed by atoms with Gasteiger partial charge in [0.05, 0.1) is 6.07 Å². The zero-order chi connectivity index (χ0) is 11.9. The average molecular weight is 233 g/mol. The first kappa shape index (κ1) is 14.4. The van der Waals surface area contributed by atoms with Crippen LogP contribution in [0.5, 0.6) is 0 Å². The zero-order valence-electron chi connectivity index (χ0n) is 9.23. The van der Waals surface area contributed by atoms with Gasteiger partial charge in [-0.1, -0.05) is 19.8 Å². The second kappa shape index (κ2) is 6.77. The molecule has 0 spiro atoms. The molecule has 0 amide bonds. The molecule has 88 valence electrons. The summed E-state index contributed by atoms with van der Waals surface area (Å²) in [5.41, 5.74) is 5.45. The van der Waals surface area contributed by atoms with Gasteiger partial charge in [0.1, 0.15) is 0 Å². The molecular formula is C9H19N3O2S. The SMILES string of the molecule is CCCCC(CN)NS(=O)(=O)C(C)C#N. The molecule has 0 aliphatic heterocycles. The molecule has 0 bridgehead atoms. The van der Waals surface area contributed by atoms with E-state index in [0.717, 1.165) is 12.8 Å². The van der Waals surface area contributed by atoms with Gasteiger partial charge < -0.3 is 5.73 Å². The van der Waals surface area contributed by atoms with Crippen molar-refractivity contribution < 1.29 is 8.42 Å². The van der Waals surface area contributed by atoms with Gasteiger partial charge in [-0.05, 0) is 13.3 Å². The summed E-state index contributed by atoms with van der Waals surface area (Å²) in [7, 11) is -3.54. The Bertz CT molecular complexity index is 308. The lowest BCUT2D eigenvalue weighted by Gasteiger charge is -2.17. The van der Waals surface area contributed by atoms with E-state index in [1.54, 1.807) is 6.07 Å². The molecule has 0 fully saturated rings. The highest BCUT2D eigenvalue weighted by Gasteiger charge is 2.23. The van der Waals surface area contributed by atoms with Gasteiger partial charge in [0.2, 0.25) is 10.0 Å². The van der Waals surface area contributed by atoms with Crippen LogP contribution in [0.1, 0.15) is 33.1 Å². The van der Waals surface area contributed by atoms with E-state index in [-0.39, 0.29) is 12.6 Å². The number of nitrogens with zero attached hydrogens (tertiary/aromatic N) is 1. The van der Waals surface area contributed by atoms with E-state index in [4.69, 9.17) is 11.0 Å². The molecule has 0 radical (unpaired) electrons. The minimum atomic E-state index is -3.54. The lowest BCUT2D eigenvalue weighted by molar-refractivity contribution is 0.514. The smallest absolute Gasteiger partial charge is 0.227 e. The van der Waals surface area contributed by atoms with Crippen LogP contribution in [0.3, 0.4) is 0 Å². The maximum Gasteiger partial charge on any atom is 0.227 e. The largest absolute Gasteiger partial charge is 0.329 e. The first-order valence-electron chi connectivity index (χ1n) is 5.08. The molecule has 0 heterocycles. The van der Waals surface area contributed by atoms with Gasteiger partial charge in [-0.15, -0.1) is 0 Å². The Morgan fingerprint density at radius 3 is 2.53 bits per heavy atom. The van der Waals surface area contributed by atoms with Gasteiger partial charge in [0, 0.05) is 12.6 Å². The number of unbranched alkanes of at least 4 members (excludes halogenated alkanes) is 1. The summed E-state index contributed by atoms with van der Waals surface area (Å²) in [6.07, 6.45) is 2.63. The van der Waals surface area contributed by atoms with E-state index in [9.17, 15) is 8.42 Å². The third-order valence-corrected chi connectivity index (χ3v) is 3.87. The van der Waals surface area contributed by atoms with E-state index in [0.29, 0.717) is 6.42 Å². The number of sulfonamides is 1. The highest BCUT2D eigenvalue weighted by Crippen LogP contribution is 2.04. The second-order valence-electron chi connectivity index (χ2n) is 3.51. The molecule has 0 saturated carbocycles. The first-order valence-corrected chi connectivity index (χ1v) is 6.63. The fourth-order valence-electron chi connectivity index (χ4n) is 1.08. The third-order valence-electron chi connectivity index (χ3n) is 2.17. The van der Waals surface area contributed by atoms with Crippen molar-refractivity contribution in [3.63, 3.8) is 0 Å². The summed E-state index contributed by atoms with van der Waals surface area (Å²) in [6, 6.07) is 1.44. The predicted octanol–water partition coefficient (Wildman–Crippen LogP) is 0.335. The highest BCUT2D eigenvalue weighted by molar-refractivity contribution is 7.90. The van der Waals surface area contributed by atoms with Gasteiger partial charge >= 0.3 is 0 Å². The fourth-order valence-corrected chi connectivity index (χ4v) is 2.10. The Morgan fingerprint density at radius 2 is 2.13 bits per heavy atom. The van der Waals surface area contributed by atoms with Crippen LogP contribution in [0.15, 0.2) is 0 Å². The Labute approximate surface area is 91.7 Å². The van der Waals surface area contributed by atoms with Crippen LogP contribution in [0.4, 0.5) is 0 Å². The van der Waals surface area contributed by atoms with E-state index >= 15 is 0 Å². The topological polar surface area (TPSA) is 96.0 Å². The predicted molar refractivity (Wildman–Crippen MR) is 59.5 cm³/mol. The molecule has 0 saturated heterocycles. The number of nitriles is 1. The van der Waals surface area contributed by atoms with E-state index in [2.05, 4.69) is 4.72 Å². The van der Waals surface area contributed by atoms with Crippen LogP contribution in [-0.4, -0.2) is 26.3 Å². The van der Waals surface area contributed by atoms with Crippen molar-refractivity contribution in [2.75, 3.05) is 6.54 Å². The van der Waals surface area contributed by atoms with Crippen molar-refractivity contribution in [3.8, 4) is 6.07 Å². The van der Waals surface area contributed by atoms with Gasteiger partial charge in [0.15, 0.2) is 5.25 Å². The molecular weight excluding hydrogens is 214 g/mol. The van der Waals surface area contributed by atoms with Crippen LogP contribution in [0.25, 0.3) is 0 Å². The maximum atomic E-state index is 11.5. The average Bonchev–Trinajstić information content (AvgIpc) is 2.22. The normalized spacial score (nSPS) is 15.6. The molecule has 0 aliphatic rings. The van der Waals surface area contributed by atoms with Crippen LogP contribution in [0.2, 0.25) is 0 Å². The maximum absolute atomic E-state index is 11.5. The number of hydrogen-bond acceptors (Lipinski definition) is 4. The Balaban J connectivity index is 4.35. The summed E-state index contributed by atoms with van der Waals surface area (Å²) in [5, 5.41) is 7.50. The number of nitrogens with one attached hydrogen (secondary N) is 1. The van der Waals surface area contributed by atoms with E-state index in [1.165, 1.54) is 6.92 Å². The zero-order valence-corrected chi connectivity index (χ0v) is 10.0. The molecule has 0 aromatic carbocycles. The number of hydrogen-bond donors (Lipinski definition) is 2. The van der Waals surface area contributed by atoms with E-state index < -0.39 is 15.3 Å². The van der Waals surface area contributed by atoms with Gasteiger partial charge in [0.25, 0.3) is 0 Å². The number of rotatable bonds is 7. The highest BCUT2D eigenvalue weighted by atomic mass is 32.2. The molecule has 0 aromatic rings. The quantitative estimate of drug-likeness (QED) is 0.662. The van der Waals surface area contributed by atoms with Gasteiger partial charge in [-0.2, -0.15) is 5.26 Å². The second-order valence-corrected chi connectivity index (χ2v) is 5.54. The van der Waals surface area contributed by atoms with Crippen molar-refractivity contribution >= 4 is 10.0 Å². The summed E-state index contributed by atoms with van der Waals surface area (Å²) in [6.45, 7) is 3.65. The fraction of sp³-hybridized carbons (Fsp3) is 0.889. The lowest BCUT2D eigenvalue weighted by atomic mass is 10.1. The summed E-state index contributed by atoms with van der Waals surface area (Å²) in [5.74, 6) is 0. The molecule has 6 heteroatoms. The molecule has 2 atom stereocenters. The summed E-state index contributed by atoms with van der Waals surface area (Å²) < 4.78 is 25.5. The van der Waals surface area contributed by atoms with Crippen molar-refractivity contribution in [2.45, 2.75) is 44.4 Å². The molecule has 5 nitrogen and oxygen atoms in total. The van der Waals surface area contributed by atoms with Crippen LogP contribution < -0.4 is 10.5 Å². The summed E-state index contributed by atoms with van der Waals surface area (Å²) in [4.78, 5) is 0. The monoisotopic (exact) mass is 233 g/mol. The van der Waals surface area contributed by atoms with Crippen molar-refractivity contribution in [3.05, 3.63) is 0 Å². The van der Waals surface area contributed by atoms with E-state index in [1.807, 2.05) is 6.92 Å². The minimum absolute atomic E-state index is 0.259. The van der Waals surface area contributed by atoms with Crippen LogP contribution >= 0.6 is 0 Å². The third kappa shape index (κ3) is 5.11. The van der Waals surface area contributed by atoms with Crippen molar-refractivity contribution in [1.82, 2.24) is 4.72 Å². The molecule has 0 rings (SSSR count). The molecule has 3 N–H and O–H groups in total. The molecule has 0 aromatic heterocycles. The van der Waals surface area contributed by atoms with Gasteiger partial charge in [-0.3, -0.25) is 0 Å². The standard InChI is InChI=1S/C9H19N3O2S/c1-3-4-5-9(7-11)12-15(13,14)8(2)6-10/h8-9,12H,3-5,7,11H2,1-2H3. The van der Waals surface area contributed by atoms with Crippen molar-refractivity contribution in [1.29, 1.82) is 5.26 Å². The molecule has 2 unspecified atom stereocenters. The minimum Gasteiger partial charge on any atom is -0.329 e. The van der Waals surface area contributed by atoms with Crippen LogP contribution in [0, 0.1) is 11.3 Å².